The SMILES string of the molecule is C[C@H](NS(=O)(=O)c1ccc2c(c1)OCO2)C(=O)NCc1ccco1. The van der Waals surface area contributed by atoms with Crippen molar-refractivity contribution in [2.24, 2.45) is 0 Å². The first-order valence-electron chi connectivity index (χ1n) is 7.18. The van der Waals surface area contributed by atoms with Crippen LogP contribution in [0.1, 0.15) is 12.7 Å². The summed E-state index contributed by atoms with van der Waals surface area (Å²) in [4.78, 5) is 12.0. The Labute approximate surface area is 138 Å². The number of sulfonamides is 1. The largest absolute Gasteiger partial charge is 0.467 e. The van der Waals surface area contributed by atoms with Gasteiger partial charge in [-0.05, 0) is 31.2 Å². The molecular weight excluding hydrogens is 336 g/mol. The minimum atomic E-state index is -3.87. The molecule has 0 bridgehead atoms. The topological polar surface area (TPSA) is 107 Å². The van der Waals surface area contributed by atoms with Crippen LogP contribution in [0, 0.1) is 0 Å². The van der Waals surface area contributed by atoms with Crippen molar-refractivity contribution in [3.63, 3.8) is 0 Å². The van der Waals surface area contributed by atoms with Gasteiger partial charge in [0.2, 0.25) is 22.7 Å². The maximum Gasteiger partial charge on any atom is 0.241 e. The van der Waals surface area contributed by atoms with Crippen molar-refractivity contribution in [3.05, 3.63) is 42.4 Å². The lowest BCUT2D eigenvalue weighted by atomic mass is 10.3. The number of fused-ring (bicyclic) bond motifs is 1. The second kappa shape index (κ2) is 6.54. The highest BCUT2D eigenvalue weighted by Crippen LogP contribution is 2.33. The van der Waals surface area contributed by atoms with Crippen LogP contribution in [0.4, 0.5) is 0 Å². The predicted octanol–water partition coefficient (Wildman–Crippen LogP) is 0.991. The first kappa shape index (κ1) is 16.3. The van der Waals surface area contributed by atoms with Crippen LogP contribution in [0.25, 0.3) is 0 Å². The molecule has 1 aromatic carbocycles. The summed E-state index contributed by atoms with van der Waals surface area (Å²) >= 11 is 0. The smallest absolute Gasteiger partial charge is 0.241 e. The summed E-state index contributed by atoms with van der Waals surface area (Å²) in [6.45, 7) is 1.70. The second-order valence-electron chi connectivity index (χ2n) is 5.16. The molecule has 0 saturated carbocycles. The molecular formula is C15H16N2O6S. The maximum absolute atomic E-state index is 12.4. The van der Waals surface area contributed by atoms with Crippen molar-refractivity contribution in [1.29, 1.82) is 0 Å². The van der Waals surface area contributed by atoms with E-state index in [2.05, 4.69) is 10.0 Å². The Morgan fingerprint density at radius 1 is 1.25 bits per heavy atom. The van der Waals surface area contributed by atoms with E-state index in [-0.39, 0.29) is 18.2 Å². The van der Waals surface area contributed by atoms with Gasteiger partial charge in [-0.25, -0.2) is 8.42 Å². The standard InChI is InChI=1S/C15H16N2O6S/c1-10(15(18)16-8-11-3-2-6-21-11)17-24(19,20)12-4-5-13-14(7-12)23-9-22-13/h2-7,10,17H,8-9H2,1H3,(H,16,18)/t10-/m0/s1. The lowest BCUT2D eigenvalue weighted by Gasteiger charge is -2.14. The molecule has 1 aromatic heterocycles. The molecule has 1 aliphatic heterocycles. The van der Waals surface area contributed by atoms with Gasteiger partial charge in [-0.1, -0.05) is 0 Å². The molecule has 8 nitrogen and oxygen atoms in total. The molecule has 3 rings (SSSR count). The van der Waals surface area contributed by atoms with Gasteiger partial charge in [-0.15, -0.1) is 0 Å². The molecule has 9 heteroatoms. The van der Waals surface area contributed by atoms with Gasteiger partial charge in [0.05, 0.1) is 23.7 Å². The van der Waals surface area contributed by atoms with E-state index in [1.54, 1.807) is 12.1 Å². The zero-order valence-corrected chi connectivity index (χ0v) is 13.6. The summed E-state index contributed by atoms with van der Waals surface area (Å²) in [5.41, 5.74) is 0. The lowest BCUT2D eigenvalue weighted by Crippen LogP contribution is -2.44. The van der Waals surface area contributed by atoms with Crippen LogP contribution in [0.3, 0.4) is 0 Å². The normalized spacial score (nSPS) is 14.4. The van der Waals surface area contributed by atoms with Crippen molar-refractivity contribution in [2.75, 3.05) is 6.79 Å². The first-order chi connectivity index (χ1) is 11.5. The minimum absolute atomic E-state index is 0.00238. The van der Waals surface area contributed by atoms with E-state index in [0.717, 1.165) is 0 Å². The molecule has 1 amide bonds. The molecule has 2 heterocycles. The van der Waals surface area contributed by atoms with Crippen molar-refractivity contribution in [3.8, 4) is 11.5 Å². The van der Waals surface area contributed by atoms with Crippen molar-refractivity contribution < 1.29 is 27.1 Å². The molecule has 1 atom stereocenters. The van der Waals surface area contributed by atoms with Crippen LogP contribution in [0.2, 0.25) is 0 Å². The average Bonchev–Trinajstić information content (AvgIpc) is 3.22. The van der Waals surface area contributed by atoms with Gasteiger partial charge in [0.15, 0.2) is 11.5 Å². The van der Waals surface area contributed by atoms with Crippen molar-refractivity contribution >= 4 is 15.9 Å². The molecule has 0 saturated heterocycles. The summed E-state index contributed by atoms with van der Waals surface area (Å²) in [6, 6.07) is 6.73. The molecule has 24 heavy (non-hydrogen) atoms. The number of carbonyl (C=O) groups excluding carboxylic acids is 1. The van der Waals surface area contributed by atoms with Crippen molar-refractivity contribution in [1.82, 2.24) is 10.0 Å². The van der Waals surface area contributed by atoms with E-state index in [1.165, 1.54) is 31.4 Å². The highest BCUT2D eigenvalue weighted by molar-refractivity contribution is 7.89. The monoisotopic (exact) mass is 352 g/mol. The lowest BCUT2D eigenvalue weighted by molar-refractivity contribution is -0.122. The Bertz CT molecular complexity index is 832. The van der Waals surface area contributed by atoms with E-state index < -0.39 is 22.0 Å². The van der Waals surface area contributed by atoms with Gasteiger partial charge in [0, 0.05) is 6.07 Å². The quantitative estimate of drug-likeness (QED) is 0.803. The number of benzene rings is 1. The van der Waals surface area contributed by atoms with Gasteiger partial charge in [-0.3, -0.25) is 4.79 Å². The predicted molar refractivity (Wildman–Crippen MR) is 82.9 cm³/mol. The van der Waals surface area contributed by atoms with Gasteiger partial charge in [0.25, 0.3) is 0 Å². The molecule has 0 unspecified atom stereocenters. The molecule has 0 radical (unpaired) electrons. The fourth-order valence-corrected chi connectivity index (χ4v) is 3.36. The van der Waals surface area contributed by atoms with Gasteiger partial charge < -0.3 is 19.2 Å². The maximum atomic E-state index is 12.4. The Hall–Kier alpha value is -2.52. The Balaban J connectivity index is 1.64. The fraction of sp³-hybridized carbons (Fsp3) is 0.267. The minimum Gasteiger partial charge on any atom is -0.467 e. The van der Waals surface area contributed by atoms with Gasteiger partial charge in [-0.2, -0.15) is 4.72 Å². The molecule has 128 valence electrons. The zero-order valence-electron chi connectivity index (χ0n) is 12.8. The Morgan fingerprint density at radius 2 is 2.04 bits per heavy atom. The van der Waals surface area contributed by atoms with E-state index in [0.29, 0.717) is 17.3 Å². The van der Waals surface area contributed by atoms with Gasteiger partial charge >= 0.3 is 0 Å². The first-order valence-corrected chi connectivity index (χ1v) is 8.66. The molecule has 0 spiro atoms. The summed E-state index contributed by atoms with van der Waals surface area (Å²) in [6.07, 6.45) is 1.49. The van der Waals surface area contributed by atoms with Crippen LogP contribution in [-0.2, 0) is 21.4 Å². The van der Waals surface area contributed by atoms with Crippen LogP contribution < -0.4 is 19.5 Å². The highest BCUT2D eigenvalue weighted by atomic mass is 32.2. The van der Waals surface area contributed by atoms with E-state index in [1.807, 2.05) is 0 Å². The number of hydrogen-bond acceptors (Lipinski definition) is 6. The van der Waals surface area contributed by atoms with E-state index in [9.17, 15) is 13.2 Å². The summed E-state index contributed by atoms with van der Waals surface area (Å²) < 4.78 is 42.5. The number of rotatable bonds is 6. The van der Waals surface area contributed by atoms with Crippen LogP contribution in [-0.4, -0.2) is 27.2 Å². The molecule has 2 aromatic rings. The average molecular weight is 352 g/mol. The Kier molecular flexibility index (Phi) is 4.45. The third-order valence-corrected chi connectivity index (χ3v) is 4.93. The number of amides is 1. The van der Waals surface area contributed by atoms with Crippen molar-refractivity contribution in [2.45, 2.75) is 24.4 Å². The zero-order chi connectivity index (χ0) is 17.2. The number of nitrogens with one attached hydrogen (secondary N) is 2. The third kappa shape index (κ3) is 3.52. The molecule has 1 aliphatic rings. The number of furan rings is 1. The summed E-state index contributed by atoms with van der Waals surface area (Å²) in [5, 5.41) is 2.60. The van der Waals surface area contributed by atoms with Crippen LogP contribution >= 0.6 is 0 Å². The molecule has 0 fully saturated rings. The number of ether oxygens (including phenoxy) is 2. The second-order valence-corrected chi connectivity index (χ2v) is 6.87. The summed E-state index contributed by atoms with van der Waals surface area (Å²) in [5.74, 6) is 0.955. The number of hydrogen-bond donors (Lipinski definition) is 2. The number of carbonyl (C=O) groups is 1. The Morgan fingerprint density at radius 3 is 2.79 bits per heavy atom. The highest BCUT2D eigenvalue weighted by Gasteiger charge is 2.24. The molecule has 0 aliphatic carbocycles. The van der Waals surface area contributed by atoms with Crippen LogP contribution in [0.5, 0.6) is 11.5 Å². The molecule has 2 N–H and O–H groups in total. The fourth-order valence-electron chi connectivity index (χ4n) is 2.14. The van der Waals surface area contributed by atoms with Gasteiger partial charge in [0.1, 0.15) is 5.76 Å². The van der Waals surface area contributed by atoms with Crippen LogP contribution in [0.15, 0.2) is 45.9 Å². The third-order valence-electron chi connectivity index (χ3n) is 3.40. The summed E-state index contributed by atoms with van der Waals surface area (Å²) in [7, 11) is -3.87. The van der Waals surface area contributed by atoms with E-state index in [4.69, 9.17) is 13.9 Å². The van der Waals surface area contributed by atoms with E-state index >= 15 is 0 Å².